The van der Waals surface area contributed by atoms with Gasteiger partial charge in [-0.2, -0.15) is 0 Å². The molecule has 1 aliphatic carbocycles. The van der Waals surface area contributed by atoms with Gasteiger partial charge in [0.2, 0.25) is 11.8 Å². The predicted octanol–water partition coefficient (Wildman–Crippen LogP) is 5.04. The smallest absolute Gasteiger partial charge is 0.243 e. The summed E-state index contributed by atoms with van der Waals surface area (Å²) in [7, 11) is 0. The minimum Gasteiger partial charge on any atom is -0.330 e. The molecule has 2 aliphatic rings. The van der Waals surface area contributed by atoms with Gasteiger partial charge in [-0.3, -0.25) is 9.59 Å². The summed E-state index contributed by atoms with van der Waals surface area (Å²) in [5, 5.41) is 2.13. The van der Waals surface area contributed by atoms with E-state index in [2.05, 4.69) is 37.4 Å². The number of amides is 2. The molecule has 2 aromatic rings. The second kappa shape index (κ2) is 9.34. The number of benzene rings is 1. The van der Waals surface area contributed by atoms with Crippen LogP contribution in [-0.2, 0) is 16.0 Å². The molecule has 0 saturated heterocycles. The molecule has 0 bridgehead atoms. The van der Waals surface area contributed by atoms with Gasteiger partial charge in [0.1, 0.15) is 6.54 Å². The van der Waals surface area contributed by atoms with Gasteiger partial charge < -0.3 is 9.80 Å². The molecular weight excluding hydrogens is 392 g/mol. The van der Waals surface area contributed by atoms with E-state index in [9.17, 15) is 9.59 Å². The minimum atomic E-state index is -0.0611. The zero-order chi connectivity index (χ0) is 21.1. The largest absolute Gasteiger partial charge is 0.330 e. The van der Waals surface area contributed by atoms with Crippen LogP contribution in [0, 0.1) is 5.92 Å². The van der Waals surface area contributed by atoms with Gasteiger partial charge in [-0.25, -0.2) is 0 Å². The average molecular weight is 425 g/mol. The third kappa shape index (κ3) is 4.18. The van der Waals surface area contributed by atoms with Crippen molar-refractivity contribution >= 4 is 23.2 Å². The van der Waals surface area contributed by atoms with Crippen LogP contribution in [0.25, 0.3) is 0 Å². The Labute approximate surface area is 183 Å². The number of carbonyl (C=O) groups is 2. The highest BCUT2D eigenvalue weighted by Gasteiger charge is 2.36. The molecule has 30 heavy (non-hydrogen) atoms. The van der Waals surface area contributed by atoms with Crippen LogP contribution >= 0.6 is 11.3 Å². The molecule has 1 aromatic heterocycles. The molecule has 0 N–H and O–H groups in total. The van der Waals surface area contributed by atoms with Gasteiger partial charge in [-0.15, -0.1) is 11.3 Å². The molecule has 1 aromatic carbocycles. The normalized spacial score (nSPS) is 20.1. The molecule has 0 unspecified atom stereocenters. The summed E-state index contributed by atoms with van der Waals surface area (Å²) in [6.07, 6.45) is 5.94. The van der Waals surface area contributed by atoms with E-state index in [4.69, 9.17) is 0 Å². The standard InChI is InChI=1S/C25H32N2O2S/c1-3-18(2)27(25(29)20-11-7-8-12-20)17-23(28)26-15-13-22-21(14-16-30-22)24(26)19-9-5-4-6-10-19/h4-6,9-10,14,16,18,20,24H,3,7-8,11-13,15,17H2,1-2H3/t18-,24-/m1/s1. The molecule has 0 spiro atoms. The van der Waals surface area contributed by atoms with Gasteiger partial charge in [0, 0.05) is 23.4 Å². The number of carbonyl (C=O) groups excluding carboxylic acids is 2. The SMILES string of the molecule is CC[C@@H](C)N(CC(=O)N1CCc2sccc2[C@H]1c1ccccc1)C(=O)C1CCCC1. The van der Waals surface area contributed by atoms with Crippen LogP contribution in [0.4, 0.5) is 0 Å². The number of rotatable bonds is 6. The molecule has 2 heterocycles. The van der Waals surface area contributed by atoms with Crippen molar-refractivity contribution in [1.82, 2.24) is 9.80 Å². The number of hydrogen-bond donors (Lipinski definition) is 0. The molecule has 4 rings (SSSR count). The maximum Gasteiger partial charge on any atom is 0.243 e. The third-order valence-corrected chi connectivity index (χ3v) is 7.81. The molecule has 1 aliphatic heterocycles. The van der Waals surface area contributed by atoms with Crippen LogP contribution < -0.4 is 0 Å². The van der Waals surface area contributed by atoms with Crippen molar-refractivity contribution in [2.24, 2.45) is 5.92 Å². The lowest BCUT2D eigenvalue weighted by atomic mass is 9.93. The van der Waals surface area contributed by atoms with E-state index in [1.165, 1.54) is 10.4 Å². The van der Waals surface area contributed by atoms with Crippen molar-refractivity contribution in [3.63, 3.8) is 0 Å². The Hall–Kier alpha value is -2.14. The summed E-state index contributed by atoms with van der Waals surface area (Å²) in [6.45, 7) is 5.06. The van der Waals surface area contributed by atoms with E-state index in [1.807, 2.05) is 28.0 Å². The van der Waals surface area contributed by atoms with Crippen molar-refractivity contribution in [3.8, 4) is 0 Å². The van der Waals surface area contributed by atoms with Crippen molar-refractivity contribution in [2.45, 2.75) is 64.5 Å². The van der Waals surface area contributed by atoms with Gasteiger partial charge in [-0.05, 0) is 55.2 Å². The predicted molar refractivity (Wildman–Crippen MR) is 121 cm³/mol. The second-order valence-corrected chi connectivity index (χ2v) is 9.65. The van der Waals surface area contributed by atoms with Gasteiger partial charge >= 0.3 is 0 Å². The van der Waals surface area contributed by atoms with Crippen LogP contribution in [0.15, 0.2) is 41.8 Å². The highest BCUT2D eigenvalue weighted by Crippen LogP contribution is 2.38. The molecule has 5 heteroatoms. The lowest BCUT2D eigenvalue weighted by molar-refractivity contribution is -0.145. The lowest BCUT2D eigenvalue weighted by Crippen LogP contribution is -2.50. The Bertz CT molecular complexity index is 872. The fraction of sp³-hybridized carbons (Fsp3) is 0.520. The van der Waals surface area contributed by atoms with Crippen molar-refractivity contribution in [1.29, 1.82) is 0 Å². The first kappa shape index (κ1) is 21.1. The zero-order valence-electron chi connectivity index (χ0n) is 18.0. The summed E-state index contributed by atoms with van der Waals surface area (Å²) in [4.78, 5) is 32.1. The lowest BCUT2D eigenvalue weighted by Gasteiger charge is -2.39. The van der Waals surface area contributed by atoms with Crippen molar-refractivity contribution in [3.05, 3.63) is 57.8 Å². The van der Waals surface area contributed by atoms with Crippen molar-refractivity contribution < 1.29 is 9.59 Å². The number of nitrogens with zero attached hydrogens (tertiary/aromatic N) is 2. The molecular formula is C25H32N2O2S. The van der Waals surface area contributed by atoms with Gasteiger partial charge in [-0.1, -0.05) is 50.1 Å². The fourth-order valence-corrected chi connectivity index (χ4v) is 5.80. The number of fused-ring (bicyclic) bond motifs is 1. The van der Waals surface area contributed by atoms with Crippen LogP contribution in [-0.4, -0.2) is 40.7 Å². The Kier molecular flexibility index (Phi) is 6.57. The van der Waals surface area contributed by atoms with Crippen LogP contribution in [0.1, 0.15) is 68.0 Å². The van der Waals surface area contributed by atoms with E-state index in [1.54, 1.807) is 11.3 Å². The van der Waals surface area contributed by atoms with Crippen LogP contribution in [0.5, 0.6) is 0 Å². The average Bonchev–Trinajstić information content (AvgIpc) is 3.48. The molecule has 160 valence electrons. The molecule has 2 atom stereocenters. The molecule has 1 fully saturated rings. The third-order valence-electron chi connectivity index (χ3n) is 6.82. The van der Waals surface area contributed by atoms with E-state index in [0.717, 1.165) is 44.1 Å². The Morgan fingerprint density at radius 3 is 2.60 bits per heavy atom. The van der Waals surface area contributed by atoms with E-state index >= 15 is 0 Å². The first-order chi connectivity index (χ1) is 14.6. The van der Waals surface area contributed by atoms with Crippen LogP contribution in [0.2, 0.25) is 0 Å². The van der Waals surface area contributed by atoms with Gasteiger partial charge in [0.25, 0.3) is 0 Å². The highest BCUT2D eigenvalue weighted by atomic mass is 32.1. The van der Waals surface area contributed by atoms with E-state index in [0.29, 0.717) is 6.54 Å². The van der Waals surface area contributed by atoms with Gasteiger partial charge in [0.05, 0.1) is 6.04 Å². The highest BCUT2D eigenvalue weighted by molar-refractivity contribution is 7.10. The maximum absolute atomic E-state index is 13.6. The topological polar surface area (TPSA) is 40.6 Å². The quantitative estimate of drug-likeness (QED) is 0.652. The second-order valence-electron chi connectivity index (χ2n) is 8.65. The fourth-order valence-electron chi connectivity index (χ4n) is 4.90. The van der Waals surface area contributed by atoms with E-state index < -0.39 is 0 Å². The monoisotopic (exact) mass is 424 g/mol. The summed E-state index contributed by atoms with van der Waals surface area (Å²) in [5.41, 5.74) is 2.38. The summed E-state index contributed by atoms with van der Waals surface area (Å²) < 4.78 is 0. The van der Waals surface area contributed by atoms with Crippen LogP contribution in [0.3, 0.4) is 0 Å². The molecule has 0 radical (unpaired) electrons. The molecule has 2 amide bonds. The minimum absolute atomic E-state index is 0.0611. The Morgan fingerprint density at radius 1 is 1.17 bits per heavy atom. The zero-order valence-corrected chi connectivity index (χ0v) is 18.9. The summed E-state index contributed by atoms with van der Waals surface area (Å²) in [5.74, 6) is 0.341. The van der Waals surface area contributed by atoms with E-state index in [-0.39, 0.29) is 36.4 Å². The number of thiophene rings is 1. The van der Waals surface area contributed by atoms with Gasteiger partial charge in [0.15, 0.2) is 0 Å². The summed E-state index contributed by atoms with van der Waals surface area (Å²) >= 11 is 1.78. The first-order valence-corrected chi connectivity index (χ1v) is 12.2. The maximum atomic E-state index is 13.6. The summed E-state index contributed by atoms with van der Waals surface area (Å²) in [6, 6.07) is 12.5. The number of hydrogen-bond acceptors (Lipinski definition) is 3. The Balaban J connectivity index is 1.59. The Morgan fingerprint density at radius 2 is 1.90 bits per heavy atom. The first-order valence-electron chi connectivity index (χ1n) is 11.3. The van der Waals surface area contributed by atoms with Crippen molar-refractivity contribution in [2.75, 3.05) is 13.1 Å². The molecule has 4 nitrogen and oxygen atoms in total. The molecule has 1 saturated carbocycles.